The van der Waals surface area contributed by atoms with Crippen LogP contribution in [0.25, 0.3) is 0 Å². The monoisotopic (exact) mass is 366 g/mol. The van der Waals surface area contributed by atoms with Gasteiger partial charge in [0.05, 0.1) is 31.5 Å². The highest BCUT2D eigenvalue weighted by atomic mass is 35.5. The van der Waals surface area contributed by atoms with Crippen molar-refractivity contribution in [2.75, 3.05) is 33.0 Å². The Hall–Kier alpha value is -1.01. The third kappa shape index (κ3) is 4.05. The van der Waals surface area contributed by atoms with Crippen LogP contribution in [0.4, 0.5) is 0 Å². The zero-order chi connectivity index (χ0) is 17.1. The quantitative estimate of drug-likeness (QED) is 0.858. The maximum absolute atomic E-state index is 6.41. The zero-order valence-corrected chi connectivity index (χ0v) is 15.3. The van der Waals surface area contributed by atoms with Gasteiger partial charge in [-0.2, -0.15) is 0 Å². The summed E-state index contributed by atoms with van der Waals surface area (Å²) in [5.41, 5.74) is 1.15. The first-order valence-corrected chi connectivity index (χ1v) is 9.81. The molecule has 2 aliphatic heterocycles. The van der Waals surface area contributed by atoms with Crippen LogP contribution in [0.2, 0.25) is 5.02 Å². The summed E-state index contributed by atoms with van der Waals surface area (Å²) in [7, 11) is 0. The summed E-state index contributed by atoms with van der Waals surface area (Å²) in [4.78, 5) is 0. The molecule has 3 unspecified atom stereocenters. The van der Waals surface area contributed by atoms with Crippen molar-refractivity contribution < 1.29 is 14.2 Å². The predicted molar refractivity (Wildman–Crippen MR) is 97.6 cm³/mol. The largest absolute Gasteiger partial charge is 0.489 e. The Kier molecular flexibility index (Phi) is 5.66. The van der Waals surface area contributed by atoms with E-state index in [9.17, 15) is 0 Å². The third-order valence-corrected chi connectivity index (χ3v) is 5.75. The van der Waals surface area contributed by atoms with Gasteiger partial charge in [-0.05, 0) is 36.5 Å². The summed E-state index contributed by atoms with van der Waals surface area (Å²) in [6, 6.07) is 5.05. The van der Waals surface area contributed by atoms with Gasteiger partial charge in [0.2, 0.25) is 0 Å². The summed E-state index contributed by atoms with van der Waals surface area (Å²) in [6.07, 6.45) is 4.66. The average molecular weight is 367 g/mol. The maximum Gasteiger partial charge on any atom is 0.179 e. The van der Waals surface area contributed by atoms with E-state index in [1.165, 1.54) is 19.3 Å². The van der Waals surface area contributed by atoms with Crippen LogP contribution >= 0.6 is 11.6 Å². The van der Waals surface area contributed by atoms with Crippen molar-refractivity contribution in [3.63, 3.8) is 0 Å². The molecule has 0 bridgehead atoms. The summed E-state index contributed by atoms with van der Waals surface area (Å²) < 4.78 is 17.2. The standard InChI is InChI=1S/C19H27ClN2O3/c20-15-9-13(10-18-19(15)25-7-2-6-24-18)11-22-16-4-1-3-14(16)17-12-23-8-5-21-17/h9-10,14,16-17,21-22H,1-8,11-12H2. The number of fused-ring (bicyclic) bond motifs is 1. The molecule has 1 saturated carbocycles. The first kappa shape index (κ1) is 17.4. The van der Waals surface area contributed by atoms with Crippen LogP contribution in [0.1, 0.15) is 31.2 Å². The van der Waals surface area contributed by atoms with Gasteiger partial charge < -0.3 is 24.8 Å². The molecular formula is C19H27ClN2O3. The molecule has 138 valence electrons. The van der Waals surface area contributed by atoms with E-state index in [4.69, 9.17) is 25.8 Å². The molecule has 3 atom stereocenters. The fraction of sp³-hybridized carbons (Fsp3) is 0.684. The second-order valence-corrected chi connectivity index (χ2v) is 7.58. The summed E-state index contributed by atoms with van der Waals surface area (Å²) in [5, 5.41) is 8.01. The molecule has 2 N–H and O–H groups in total. The fourth-order valence-corrected chi connectivity index (χ4v) is 4.51. The number of nitrogens with one attached hydrogen (secondary N) is 2. The summed E-state index contributed by atoms with van der Waals surface area (Å²) in [5.74, 6) is 2.09. The second-order valence-electron chi connectivity index (χ2n) is 7.17. The molecule has 1 aromatic carbocycles. The lowest BCUT2D eigenvalue weighted by atomic mass is 9.94. The van der Waals surface area contributed by atoms with Crippen LogP contribution in [0.3, 0.4) is 0 Å². The van der Waals surface area contributed by atoms with Gasteiger partial charge in [0.15, 0.2) is 11.5 Å². The predicted octanol–water partition coefficient (Wildman–Crippen LogP) is 2.75. The Labute approximate surface area is 154 Å². The highest BCUT2D eigenvalue weighted by Gasteiger charge is 2.34. The molecule has 0 spiro atoms. The van der Waals surface area contributed by atoms with Gasteiger partial charge in [0.1, 0.15) is 0 Å². The minimum absolute atomic E-state index is 0.473. The molecule has 1 aromatic rings. The molecule has 3 aliphatic rings. The number of hydrogen-bond donors (Lipinski definition) is 2. The van der Waals surface area contributed by atoms with Gasteiger partial charge in [-0.3, -0.25) is 0 Å². The van der Waals surface area contributed by atoms with Crippen LogP contribution in [-0.2, 0) is 11.3 Å². The van der Waals surface area contributed by atoms with Crippen molar-refractivity contribution in [1.29, 1.82) is 0 Å². The Morgan fingerprint density at radius 2 is 2.04 bits per heavy atom. The fourth-order valence-electron chi connectivity index (χ4n) is 4.22. The van der Waals surface area contributed by atoms with E-state index >= 15 is 0 Å². The van der Waals surface area contributed by atoms with E-state index in [2.05, 4.69) is 16.7 Å². The van der Waals surface area contributed by atoms with E-state index in [-0.39, 0.29) is 0 Å². The number of benzene rings is 1. The Morgan fingerprint density at radius 3 is 2.92 bits per heavy atom. The van der Waals surface area contributed by atoms with Gasteiger partial charge in [0, 0.05) is 31.6 Å². The maximum atomic E-state index is 6.41. The molecule has 0 amide bonds. The molecule has 6 heteroatoms. The van der Waals surface area contributed by atoms with Crippen molar-refractivity contribution in [3.05, 3.63) is 22.7 Å². The minimum Gasteiger partial charge on any atom is -0.489 e. The highest BCUT2D eigenvalue weighted by Crippen LogP contribution is 2.38. The molecule has 4 rings (SSSR count). The zero-order valence-electron chi connectivity index (χ0n) is 14.6. The number of halogens is 1. The lowest BCUT2D eigenvalue weighted by molar-refractivity contribution is 0.0524. The molecule has 5 nitrogen and oxygen atoms in total. The molecule has 25 heavy (non-hydrogen) atoms. The normalized spacial score (nSPS) is 29.4. The van der Waals surface area contributed by atoms with Gasteiger partial charge >= 0.3 is 0 Å². The van der Waals surface area contributed by atoms with Crippen molar-refractivity contribution >= 4 is 11.6 Å². The molecule has 1 aliphatic carbocycles. The first-order chi connectivity index (χ1) is 12.3. The lowest BCUT2D eigenvalue weighted by Crippen LogP contribution is -2.50. The van der Waals surface area contributed by atoms with E-state index < -0.39 is 0 Å². The molecular weight excluding hydrogens is 340 g/mol. The van der Waals surface area contributed by atoms with E-state index in [1.807, 2.05) is 6.07 Å². The van der Waals surface area contributed by atoms with Gasteiger partial charge in [0.25, 0.3) is 0 Å². The van der Waals surface area contributed by atoms with Crippen molar-refractivity contribution in [3.8, 4) is 11.5 Å². The van der Waals surface area contributed by atoms with Crippen LogP contribution in [0.15, 0.2) is 12.1 Å². The number of hydrogen-bond acceptors (Lipinski definition) is 5. The third-order valence-electron chi connectivity index (χ3n) is 5.47. The SMILES string of the molecule is Clc1cc(CNC2CCCC2C2COCCN2)cc2c1OCCCO2. The summed E-state index contributed by atoms with van der Waals surface area (Å²) in [6.45, 7) is 4.76. The number of ether oxygens (including phenoxy) is 3. The lowest BCUT2D eigenvalue weighted by Gasteiger charge is -2.33. The molecule has 0 aromatic heterocycles. The van der Waals surface area contributed by atoms with Gasteiger partial charge in [-0.15, -0.1) is 0 Å². The number of rotatable bonds is 4. The van der Waals surface area contributed by atoms with Crippen LogP contribution in [-0.4, -0.2) is 45.1 Å². The van der Waals surface area contributed by atoms with E-state index in [0.29, 0.717) is 42.0 Å². The Balaban J connectivity index is 1.40. The molecule has 2 fully saturated rings. The Bertz CT molecular complexity index is 592. The smallest absolute Gasteiger partial charge is 0.179 e. The topological polar surface area (TPSA) is 51.8 Å². The Morgan fingerprint density at radius 1 is 1.12 bits per heavy atom. The second kappa shape index (κ2) is 8.12. The summed E-state index contributed by atoms with van der Waals surface area (Å²) >= 11 is 6.41. The molecule has 0 radical (unpaired) electrons. The van der Waals surface area contributed by atoms with Crippen LogP contribution in [0, 0.1) is 5.92 Å². The van der Waals surface area contributed by atoms with Crippen LogP contribution < -0.4 is 20.1 Å². The van der Waals surface area contributed by atoms with Gasteiger partial charge in [-0.25, -0.2) is 0 Å². The van der Waals surface area contributed by atoms with Crippen molar-refractivity contribution in [1.82, 2.24) is 10.6 Å². The van der Waals surface area contributed by atoms with Crippen molar-refractivity contribution in [2.45, 2.75) is 44.3 Å². The minimum atomic E-state index is 0.473. The van der Waals surface area contributed by atoms with E-state index in [0.717, 1.165) is 44.0 Å². The molecule has 1 saturated heterocycles. The van der Waals surface area contributed by atoms with Crippen molar-refractivity contribution in [2.24, 2.45) is 5.92 Å². The van der Waals surface area contributed by atoms with Gasteiger partial charge in [-0.1, -0.05) is 18.0 Å². The average Bonchev–Trinajstić information content (AvgIpc) is 2.98. The molecule has 2 heterocycles. The highest BCUT2D eigenvalue weighted by molar-refractivity contribution is 6.32. The number of morpholine rings is 1. The van der Waals surface area contributed by atoms with Crippen LogP contribution in [0.5, 0.6) is 11.5 Å². The van der Waals surface area contributed by atoms with E-state index in [1.54, 1.807) is 0 Å². The first-order valence-electron chi connectivity index (χ1n) is 9.44.